The normalized spacial score (nSPS) is 18.9. The van der Waals surface area contributed by atoms with E-state index in [1.165, 1.54) is 19.3 Å². The Morgan fingerprint density at radius 2 is 2.04 bits per heavy atom. The van der Waals surface area contributed by atoms with Crippen LogP contribution in [0.25, 0.3) is 0 Å². The first-order valence-corrected chi connectivity index (χ1v) is 8.38. The Morgan fingerprint density at radius 3 is 2.83 bits per heavy atom. The molecule has 2 aliphatic rings. The van der Waals surface area contributed by atoms with E-state index in [4.69, 9.17) is 9.52 Å². The summed E-state index contributed by atoms with van der Waals surface area (Å²) in [5, 5.41) is 11.2. The van der Waals surface area contributed by atoms with Crippen LogP contribution in [0.15, 0.2) is 39.8 Å². The summed E-state index contributed by atoms with van der Waals surface area (Å²) < 4.78 is 5.31. The molecule has 1 aromatic heterocycles. The van der Waals surface area contributed by atoms with Crippen molar-refractivity contribution in [1.82, 2.24) is 10.5 Å². The number of aryl methyl sites for hydroxylation is 1. The maximum Gasteiger partial charge on any atom is 0.156 e. The average Bonchev–Trinajstić information content (AvgIpc) is 2.99. The second-order valence-electron chi connectivity index (χ2n) is 6.53. The number of hydrogen-bond acceptors (Lipinski definition) is 5. The van der Waals surface area contributed by atoms with Crippen LogP contribution in [0.4, 0.5) is 11.4 Å². The third-order valence-corrected chi connectivity index (χ3v) is 4.78. The molecule has 23 heavy (non-hydrogen) atoms. The molecule has 4 rings (SSSR count). The third-order valence-electron chi connectivity index (χ3n) is 4.78. The number of anilines is 1. The van der Waals surface area contributed by atoms with Crippen LogP contribution in [-0.4, -0.2) is 16.5 Å². The van der Waals surface area contributed by atoms with Crippen LogP contribution in [0.5, 0.6) is 0 Å². The van der Waals surface area contributed by atoms with E-state index < -0.39 is 0 Å². The van der Waals surface area contributed by atoms with Crippen molar-refractivity contribution in [3.05, 3.63) is 41.8 Å². The highest BCUT2D eigenvalue weighted by Crippen LogP contribution is 2.40. The SMILES string of the molecule is Cc1cc(CNC2=Nc3ccccc3NC23CCCCC3)on1. The summed E-state index contributed by atoms with van der Waals surface area (Å²) in [6.07, 6.45) is 6.00. The number of benzene rings is 1. The zero-order valence-corrected chi connectivity index (χ0v) is 13.4. The maximum absolute atomic E-state index is 5.31. The second kappa shape index (κ2) is 5.72. The van der Waals surface area contributed by atoms with Gasteiger partial charge in [-0.25, -0.2) is 4.99 Å². The zero-order chi connectivity index (χ0) is 15.7. The number of rotatable bonds is 2. The first-order valence-electron chi connectivity index (χ1n) is 8.38. The van der Waals surface area contributed by atoms with Gasteiger partial charge in [-0.15, -0.1) is 0 Å². The lowest BCUT2D eigenvalue weighted by molar-refractivity contribution is 0.369. The number of nitrogens with zero attached hydrogens (tertiary/aromatic N) is 2. The van der Waals surface area contributed by atoms with Crippen LogP contribution in [0, 0.1) is 6.92 Å². The van der Waals surface area contributed by atoms with Gasteiger partial charge in [0.2, 0.25) is 0 Å². The van der Waals surface area contributed by atoms with Gasteiger partial charge in [-0.05, 0) is 31.9 Å². The molecule has 1 saturated carbocycles. The Kier molecular flexibility index (Phi) is 3.56. The van der Waals surface area contributed by atoms with Gasteiger partial charge < -0.3 is 15.2 Å². The summed E-state index contributed by atoms with van der Waals surface area (Å²) >= 11 is 0. The predicted octanol–water partition coefficient (Wildman–Crippen LogP) is 3.93. The largest absolute Gasteiger partial charge is 0.371 e. The highest BCUT2D eigenvalue weighted by molar-refractivity contribution is 6.00. The van der Waals surface area contributed by atoms with Crippen LogP contribution in [0.3, 0.4) is 0 Å². The summed E-state index contributed by atoms with van der Waals surface area (Å²) in [6, 6.07) is 10.2. The Hall–Kier alpha value is -2.30. The minimum atomic E-state index is -0.0678. The minimum Gasteiger partial charge on any atom is -0.371 e. The monoisotopic (exact) mass is 310 g/mol. The van der Waals surface area contributed by atoms with E-state index in [2.05, 4.69) is 34.0 Å². The molecule has 0 bridgehead atoms. The van der Waals surface area contributed by atoms with Crippen molar-refractivity contribution in [1.29, 1.82) is 0 Å². The zero-order valence-electron chi connectivity index (χ0n) is 13.4. The van der Waals surface area contributed by atoms with Crippen molar-refractivity contribution >= 4 is 17.2 Å². The molecule has 0 amide bonds. The molecule has 120 valence electrons. The Morgan fingerprint density at radius 1 is 1.22 bits per heavy atom. The number of hydrogen-bond donors (Lipinski definition) is 2. The lowest BCUT2D eigenvalue weighted by Gasteiger charge is -2.42. The molecule has 1 aliphatic carbocycles. The molecule has 0 unspecified atom stereocenters. The smallest absolute Gasteiger partial charge is 0.156 e. The van der Waals surface area contributed by atoms with Crippen molar-refractivity contribution in [2.45, 2.75) is 51.1 Å². The fourth-order valence-corrected chi connectivity index (χ4v) is 3.62. The van der Waals surface area contributed by atoms with E-state index in [-0.39, 0.29) is 5.54 Å². The average molecular weight is 310 g/mol. The second-order valence-corrected chi connectivity index (χ2v) is 6.53. The molecule has 2 aromatic rings. The summed E-state index contributed by atoms with van der Waals surface area (Å²) in [5.74, 6) is 1.87. The number of nitrogens with one attached hydrogen (secondary N) is 2. The maximum atomic E-state index is 5.31. The van der Waals surface area contributed by atoms with Crippen molar-refractivity contribution in [3.8, 4) is 0 Å². The van der Waals surface area contributed by atoms with Crippen molar-refractivity contribution in [2.24, 2.45) is 4.99 Å². The molecular weight excluding hydrogens is 288 g/mol. The highest BCUT2D eigenvalue weighted by atomic mass is 16.5. The van der Waals surface area contributed by atoms with Gasteiger partial charge in [-0.2, -0.15) is 0 Å². The van der Waals surface area contributed by atoms with Gasteiger partial charge in [0.25, 0.3) is 0 Å². The number of aromatic nitrogens is 1. The van der Waals surface area contributed by atoms with E-state index in [0.717, 1.165) is 41.5 Å². The minimum absolute atomic E-state index is 0.0678. The van der Waals surface area contributed by atoms with Gasteiger partial charge in [-0.3, -0.25) is 0 Å². The topological polar surface area (TPSA) is 62.5 Å². The van der Waals surface area contributed by atoms with E-state index in [1.807, 2.05) is 19.1 Å². The summed E-state index contributed by atoms with van der Waals surface area (Å²) in [5.41, 5.74) is 2.97. The van der Waals surface area contributed by atoms with Crippen LogP contribution in [0.2, 0.25) is 0 Å². The van der Waals surface area contributed by atoms with E-state index in [1.54, 1.807) is 0 Å². The standard InChI is InChI=1S/C18H22N4O/c1-13-11-14(23-22-13)12-19-17-18(9-5-2-6-10-18)21-16-8-4-3-7-15(16)20-17/h3-4,7-8,11,21H,2,5-6,9-10,12H2,1H3,(H,19,20). The van der Waals surface area contributed by atoms with Gasteiger partial charge in [0.05, 0.1) is 29.2 Å². The molecule has 2 heterocycles. The molecule has 0 saturated heterocycles. The summed E-state index contributed by atoms with van der Waals surface area (Å²) in [7, 11) is 0. The fraction of sp³-hybridized carbons (Fsp3) is 0.444. The van der Waals surface area contributed by atoms with Gasteiger partial charge >= 0.3 is 0 Å². The van der Waals surface area contributed by atoms with Crippen molar-refractivity contribution in [2.75, 3.05) is 5.32 Å². The van der Waals surface area contributed by atoms with Crippen LogP contribution >= 0.6 is 0 Å². The molecule has 0 atom stereocenters. The summed E-state index contributed by atoms with van der Waals surface area (Å²) in [4.78, 5) is 4.93. The number of para-hydroxylation sites is 2. The van der Waals surface area contributed by atoms with Crippen molar-refractivity contribution < 1.29 is 4.52 Å². The van der Waals surface area contributed by atoms with Gasteiger partial charge in [0.15, 0.2) is 5.76 Å². The number of fused-ring (bicyclic) bond motifs is 1. The highest BCUT2D eigenvalue weighted by Gasteiger charge is 2.40. The molecule has 1 aromatic carbocycles. The van der Waals surface area contributed by atoms with Crippen LogP contribution in [-0.2, 0) is 6.54 Å². The number of amidine groups is 1. The molecule has 1 aliphatic heterocycles. The Balaban J connectivity index is 1.63. The van der Waals surface area contributed by atoms with E-state index >= 15 is 0 Å². The molecule has 1 fully saturated rings. The molecular formula is C18H22N4O. The molecule has 5 heteroatoms. The first-order chi connectivity index (χ1) is 11.3. The predicted molar refractivity (Wildman–Crippen MR) is 91.1 cm³/mol. The van der Waals surface area contributed by atoms with Gasteiger partial charge in [-0.1, -0.05) is 36.6 Å². The van der Waals surface area contributed by atoms with Crippen LogP contribution < -0.4 is 10.6 Å². The molecule has 2 N–H and O–H groups in total. The fourth-order valence-electron chi connectivity index (χ4n) is 3.62. The molecule has 1 spiro atoms. The quantitative estimate of drug-likeness (QED) is 0.882. The van der Waals surface area contributed by atoms with Crippen LogP contribution in [0.1, 0.15) is 43.6 Å². The third kappa shape index (κ3) is 2.71. The summed E-state index contributed by atoms with van der Waals surface area (Å²) in [6.45, 7) is 2.55. The number of aliphatic imine (C=N–C) groups is 1. The van der Waals surface area contributed by atoms with E-state index in [0.29, 0.717) is 6.54 Å². The Bertz CT molecular complexity index is 728. The van der Waals surface area contributed by atoms with Gasteiger partial charge in [0.1, 0.15) is 5.84 Å². The Labute approximate surface area is 136 Å². The van der Waals surface area contributed by atoms with E-state index in [9.17, 15) is 0 Å². The molecule has 5 nitrogen and oxygen atoms in total. The van der Waals surface area contributed by atoms with Gasteiger partial charge in [0, 0.05) is 6.07 Å². The lowest BCUT2D eigenvalue weighted by atomic mass is 9.79. The molecule has 0 radical (unpaired) electrons. The first kappa shape index (κ1) is 14.3. The lowest BCUT2D eigenvalue weighted by Crippen LogP contribution is -2.54. The van der Waals surface area contributed by atoms with Crippen molar-refractivity contribution in [3.63, 3.8) is 0 Å².